The number of aromatic nitrogens is 7. The number of nitrogens with one attached hydrogen (secondary N) is 1. The third kappa shape index (κ3) is 3.89. The van der Waals surface area contributed by atoms with Gasteiger partial charge >= 0.3 is 5.69 Å². The summed E-state index contributed by atoms with van der Waals surface area (Å²) in [4.78, 5) is 36.9. The molecule has 5 rings (SSSR count). The van der Waals surface area contributed by atoms with Crippen LogP contribution in [0.5, 0.6) is 0 Å². The van der Waals surface area contributed by atoms with Gasteiger partial charge in [-0.3, -0.25) is 14.3 Å². The quantitative estimate of drug-likeness (QED) is 0.418. The Hall–Kier alpha value is -4.27. The van der Waals surface area contributed by atoms with Gasteiger partial charge in [0.15, 0.2) is 11.2 Å². The summed E-state index contributed by atoms with van der Waals surface area (Å²) in [5.74, 6) is 0.654. The van der Waals surface area contributed by atoms with Crippen molar-refractivity contribution in [1.82, 2.24) is 33.9 Å². The molecule has 0 bridgehead atoms. The highest BCUT2D eigenvalue weighted by Crippen LogP contribution is 2.24. The minimum absolute atomic E-state index is 0.322. The van der Waals surface area contributed by atoms with Gasteiger partial charge in [-0.05, 0) is 36.2 Å². The van der Waals surface area contributed by atoms with Crippen molar-refractivity contribution >= 4 is 11.2 Å². The number of nitrogens with zero attached hydrogens (tertiary/aromatic N) is 6. The summed E-state index contributed by atoms with van der Waals surface area (Å²) in [7, 11) is 0. The van der Waals surface area contributed by atoms with E-state index in [0.29, 0.717) is 30.1 Å². The van der Waals surface area contributed by atoms with E-state index in [0.717, 1.165) is 29.7 Å². The molecule has 1 N–H and O–H groups in total. The lowest BCUT2D eigenvalue weighted by Crippen LogP contribution is -2.31. The normalized spacial score (nSPS) is 11.3. The lowest BCUT2D eigenvalue weighted by Gasteiger charge is -2.09. The molecule has 0 atom stereocenters. The molecule has 0 amide bonds. The highest BCUT2D eigenvalue weighted by atomic mass is 16.2. The molecule has 9 nitrogen and oxygen atoms in total. The van der Waals surface area contributed by atoms with Gasteiger partial charge < -0.3 is 4.57 Å². The summed E-state index contributed by atoms with van der Waals surface area (Å²) in [6.45, 7) is 3.05. The van der Waals surface area contributed by atoms with E-state index in [1.54, 1.807) is 11.0 Å². The van der Waals surface area contributed by atoms with Crippen molar-refractivity contribution in [3.8, 4) is 17.1 Å². The van der Waals surface area contributed by atoms with Gasteiger partial charge in [-0.25, -0.2) is 19.4 Å². The average Bonchev–Trinajstić information content (AvgIpc) is 3.50. The van der Waals surface area contributed by atoms with Crippen LogP contribution in [0, 0.1) is 0 Å². The smallest absolute Gasteiger partial charge is 0.318 e. The van der Waals surface area contributed by atoms with E-state index in [2.05, 4.69) is 22.0 Å². The second-order valence-electron chi connectivity index (χ2n) is 7.83. The van der Waals surface area contributed by atoms with Crippen molar-refractivity contribution in [2.45, 2.75) is 32.9 Å². The van der Waals surface area contributed by atoms with Crippen molar-refractivity contribution in [2.24, 2.45) is 0 Å². The Morgan fingerprint density at radius 2 is 1.76 bits per heavy atom. The SMILES string of the molecule is CCCCn1c(-c2ccc(-n3cncn3)cc2)nc2c1c(=O)[nH]c(=O)n2Cc1ccccc1. The fraction of sp³-hybridized carbons (Fsp3) is 0.208. The molecule has 0 aliphatic carbocycles. The summed E-state index contributed by atoms with van der Waals surface area (Å²) in [6.07, 6.45) is 4.96. The Balaban J connectivity index is 1.68. The van der Waals surface area contributed by atoms with Crippen molar-refractivity contribution < 1.29 is 0 Å². The second-order valence-corrected chi connectivity index (χ2v) is 7.83. The Morgan fingerprint density at radius 1 is 0.970 bits per heavy atom. The molecule has 0 aliphatic rings. The maximum Gasteiger partial charge on any atom is 0.330 e. The number of unbranched alkanes of at least 4 members (excludes halogenated alkanes) is 1. The molecule has 33 heavy (non-hydrogen) atoms. The van der Waals surface area contributed by atoms with E-state index in [1.165, 1.54) is 10.9 Å². The number of aromatic amines is 1. The zero-order valence-electron chi connectivity index (χ0n) is 18.2. The molecule has 3 heterocycles. The van der Waals surface area contributed by atoms with Gasteiger partial charge in [0.2, 0.25) is 0 Å². The first-order chi connectivity index (χ1) is 16.2. The molecule has 0 spiro atoms. The highest BCUT2D eigenvalue weighted by Gasteiger charge is 2.19. The molecule has 0 saturated heterocycles. The number of benzene rings is 2. The van der Waals surface area contributed by atoms with E-state index < -0.39 is 11.2 Å². The minimum Gasteiger partial charge on any atom is -0.318 e. The Morgan fingerprint density at radius 3 is 2.45 bits per heavy atom. The maximum atomic E-state index is 12.9. The predicted molar refractivity (Wildman–Crippen MR) is 125 cm³/mol. The van der Waals surface area contributed by atoms with E-state index in [-0.39, 0.29) is 0 Å². The number of imidazole rings is 1. The number of H-pyrrole nitrogens is 1. The number of aryl methyl sites for hydroxylation is 1. The van der Waals surface area contributed by atoms with Crippen LogP contribution in [0.2, 0.25) is 0 Å². The van der Waals surface area contributed by atoms with Gasteiger partial charge in [-0.1, -0.05) is 43.7 Å². The number of hydrogen-bond donors (Lipinski definition) is 1. The molecule has 0 saturated carbocycles. The van der Waals surface area contributed by atoms with E-state index in [4.69, 9.17) is 4.98 Å². The molecule has 0 radical (unpaired) electrons. The molecule has 0 unspecified atom stereocenters. The minimum atomic E-state index is -0.468. The molecule has 5 aromatic rings. The van der Waals surface area contributed by atoms with Gasteiger partial charge in [0, 0.05) is 12.1 Å². The van der Waals surface area contributed by atoms with Gasteiger partial charge in [0.25, 0.3) is 5.56 Å². The Labute approximate surface area is 189 Å². The van der Waals surface area contributed by atoms with Crippen LogP contribution in [0.3, 0.4) is 0 Å². The van der Waals surface area contributed by atoms with Crippen molar-refractivity contribution in [3.63, 3.8) is 0 Å². The van der Waals surface area contributed by atoms with Crippen LogP contribution < -0.4 is 11.2 Å². The van der Waals surface area contributed by atoms with Crippen molar-refractivity contribution in [3.05, 3.63) is 93.7 Å². The summed E-state index contributed by atoms with van der Waals surface area (Å²) in [6, 6.07) is 17.4. The number of fused-ring (bicyclic) bond motifs is 1. The molecule has 0 fully saturated rings. The topological polar surface area (TPSA) is 103 Å². The zero-order valence-corrected chi connectivity index (χ0v) is 18.2. The Bertz CT molecular complexity index is 1500. The standard InChI is InChI=1S/C24H23N7O2/c1-2-3-13-29-20-22(30(24(33)28-23(20)32)14-17-7-5-4-6-8-17)27-21(29)18-9-11-19(12-10-18)31-16-25-15-26-31/h4-12,15-16H,2-3,13-14H2,1H3,(H,28,32,33). The third-order valence-electron chi connectivity index (χ3n) is 5.61. The average molecular weight is 441 g/mol. The van der Waals surface area contributed by atoms with Crippen LogP contribution in [-0.2, 0) is 13.1 Å². The van der Waals surface area contributed by atoms with Crippen LogP contribution in [-0.4, -0.2) is 33.9 Å². The van der Waals surface area contributed by atoms with Gasteiger partial charge in [-0.15, -0.1) is 0 Å². The maximum absolute atomic E-state index is 12.9. The van der Waals surface area contributed by atoms with Gasteiger partial charge in [0.05, 0.1) is 12.2 Å². The van der Waals surface area contributed by atoms with Crippen LogP contribution in [0.1, 0.15) is 25.3 Å². The largest absolute Gasteiger partial charge is 0.330 e. The van der Waals surface area contributed by atoms with Crippen LogP contribution in [0.15, 0.2) is 76.8 Å². The lowest BCUT2D eigenvalue weighted by molar-refractivity contribution is 0.648. The van der Waals surface area contributed by atoms with E-state index >= 15 is 0 Å². The summed E-state index contributed by atoms with van der Waals surface area (Å²) in [5, 5.41) is 4.16. The fourth-order valence-corrected chi connectivity index (χ4v) is 3.94. The van der Waals surface area contributed by atoms with Crippen LogP contribution >= 0.6 is 0 Å². The first kappa shape index (κ1) is 20.6. The van der Waals surface area contributed by atoms with Gasteiger partial charge in [0.1, 0.15) is 18.5 Å². The molecule has 3 aromatic heterocycles. The number of rotatable bonds is 7. The summed E-state index contributed by atoms with van der Waals surface area (Å²) >= 11 is 0. The third-order valence-corrected chi connectivity index (χ3v) is 5.61. The molecule has 0 aliphatic heterocycles. The van der Waals surface area contributed by atoms with Crippen molar-refractivity contribution in [2.75, 3.05) is 0 Å². The van der Waals surface area contributed by atoms with E-state index in [9.17, 15) is 9.59 Å². The molecule has 2 aromatic carbocycles. The molecule has 166 valence electrons. The monoisotopic (exact) mass is 441 g/mol. The van der Waals surface area contributed by atoms with E-state index in [1.807, 2.05) is 59.2 Å². The fourth-order valence-electron chi connectivity index (χ4n) is 3.94. The highest BCUT2D eigenvalue weighted by molar-refractivity contribution is 5.77. The zero-order chi connectivity index (χ0) is 22.8. The van der Waals surface area contributed by atoms with Crippen molar-refractivity contribution in [1.29, 1.82) is 0 Å². The first-order valence-corrected chi connectivity index (χ1v) is 10.9. The Kier molecular flexibility index (Phi) is 5.43. The predicted octanol–water partition coefficient (Wildman–Crippen LogP) is 2.98. The first-order valence-electron chi connectivity index (χ1n) is 10.9. The van der Waals surface area contributed by atoms with Crippen LogP contribution in [0.25, 0.3) is 28.2 Å². The lowest BCUT2D eigenvalue weighted by atomic mass is 10.2. The number of hydrogen-bond acceptors (Lipinski definition) is 5. The molecular weight excluding hydrogens is 418 g/mol. The molecule has 9 heteroatoms. The van der Waals surface area contributed by atoms with Gasteiger partial charge in [-0.2, -0.15) is 5.10 Å². The van der Waals surface area contributed by atoms with Crippen LogP contribution in [0.4, 0.5) is 0 Å². The summed E-state index contributed by atoms with van der Waals surface area (Å²) in [5.41, 5.74) is 2.58. The molecular formula is C24H23N7O2. The summed E-state index contributed by atoms with van der Waals surface area (Å²) < 4.78 is 5.12. The second kappa shape index (κ2) is 8.70.